The zero-order valence-corrected chi connectivity index (χ0v) is 33.4. The van der Waals surface area contributed by atoms with E-state index >= 15 is 0 Å². The Morgan fingerprint density at radius 3 is 1.67 bits per heavy atom. The van der Waals surface area contributed by atoms with E-state index in [2.05, 4.69) is 80.7 Å². The monoisotopic (exact) mass is 728 g/mol. The largest absolute Gasteiger partial charge is 0.544 e. The molecule has 8 heteroatoms. The molecular weight excluding hydrogens is 654 g/mol. The molecule has 0 bridgehead atoms. The molecule has 0 amide bonds. The zero-order chi connectivity index (χ0) is 38.5. The molecule has 0 fully saturated rings. The highest BCUT2D eigenvalue weighted by Crippen LogP contribution is 2.11. The van der Waals surface area contributed by atoms with Crippen LogP contribution < -0.4 is 5.11 Å². The minimum Gasteiger partial charge on any atom is -0.544 e. The number of ether oxygens (including phenoxy) is 3. The number of likely N-dealkylation sites (N-methyl/N-ethyl adjacent to an activating group) is 1. The van der Waals surface area contributed by atoms with Crippen LogP contribution in [0, 0.1) is 0 Å². The third-order valence-corrected chi connectivity index (χ3v) is 8.34. The zero-order valence-electron chi connectivity index (χ0n) is 33.4. The summed E-state index contributed by atoms with van der Waals surface area (Å²) in [5, 5.41) is 11.6. The summed E-state index contributed by atoms with van der Waals surface area (Å²) in [6.45, 7) is 4.40. The fraction of sp³-hybridized carbons (Fsp3) is 0.659. The first-order valence-electron chi connectivity index (χ1n) is 20.0. The smallest absolute Gasteiger partial charge is 0.306 e. The Bertz CT molecular complexity index is 1080. The summed E-state index contributed by atoms with van der Waals surface area (Å²) in [5.41, 5.74) is 0. The van der Waals surface area contributed by atoms with Gasteiger partial charge < -0.3 is 28.6 Å². The van der Waals surface area contributed by atoms with Crippen molar-refractivity contribution in [1.82, 2.24) is 0 Å². The molecule has 0 aliphatic carbocycles. The molecule has 0 heterocycles. The van der Waals surface area contributed by atoms with E-state index in [-0.39, 0.29) is 49.1 Å². The van der Waals surface area contributed by atoms with Crippen molar-refractivity contribution in [2.45, 2.75) is 148 Å². The Morgan fingerprint density at radius 2 is 1.12 bits per heavy atom. The number of nitrogens with zero attached hydrogens (tertiary/aromatic N) is 1. The normalized spacial score (nSPS) is 13.8. The van der Waals surface area contributed by atoms with Crippen LogP contribution in [-0.2, 0) is 28.6 Å². The fourth-order valence-corrected chi connectivity index (χ4v) is 5.23. The quantitative estimate of drug-likeness (QED) is 0.0282. The molecule has 2 atom stereocenters. The Morgan fingerprint density at radius 1 is 0.596 bits per heavy atom. The second-order valence-corrected chi connectivity index (χ2v) is 14.1. The van der Waals surface area contributed by atoms with Gasteiger partial charge in [0.2, 0.25) is 0 Å². The number of esters is 2. The molecule has 0 saturated carbocycles. The molecule has 0 aromatic carbocycles. The van der Waals surface area contributed by atoms with E-state index in [0.717, 1.165) is 77.0 Å². The van der Waals surface area contributed by atoms with Gasteiger partial charge in [-0.2, -0.15) is 0 Å². The lowest BCUT2D eigenvalue weighted by Crippen LogP contribution is -2.55. The maximum absolute atomic E-state index is 12.5. The molecule has 8 nitrogen and oxygen atoms in total. The molecule has 0 aliphatic heterocycles. The summed E-state index contributed by atoms with van der Waals surface area (Å²) >= 11 is 0. The topological polar surface area (TPSA) is 102 Å². The minimum atomic E-state index is -1.14. The molecule has 0 spiro atoms. The van der Waals surface area contributed by atoms with Crippen molar-refractivity contribution >= 4 is 17.9 Å². The van der Waals surface area contributed by atoms with Crippen LogP contribution in [0.4, 0.5) is 0 Å². The Kier molecular flexibility index (Phi) is 32.7. The van der Waals surface area contributed by atoms with E-state index in [1.54, 1.807) is 21.1 Å². The van der Waals surface area contributed by atoms with E-state index < -0.39 is 18.1 Å². The van der Waals surface area contributed by atoms with Crippen molar-refractivity contribution in [2.24, 2.45) is 0 Å². The van der Waals surface area contributed by atoms with Gasteiger partial charge in [-0.15, -0.1) is 0 Å². The van der Waals surface area contributed by atoms with Crippen LogP contribution in [-0.4, -0.2) is 75.5 Å². The van der Waals surface area contributed by atoms with Gasteiger partial charge in [-0.3, -0.25) is 9.59 Å². The lowest BCUT2D eigenvalue weighted by molar-refractivity contribution is -0.889. The highest BCUT2D eigenvalue weighted by Gasteiger charge is 2.25. The van der Waals surface area contributed by atoms with Crippen molar-refractivity contribution < 1.29 is 38.2 Å². The Hall–Kier alpha value is -3.23. The molecule has 0 aromatic rings. The molecule has 0 aliphatic rings. The maximum atomic E-state index is 12.5. The lowest BCUT2D eigenvalue weighted by Gasteiger charge is -2.34. The van der Waals surface area contributed by atoms with Crippen molar-refractivity contribution in [2.75, 3.05) is 41.0 Å². The van der Waals surface area contributed by atoms with Gasteiger partial charge in [-0.1, -0.05) is 119 Å². The molecule has 0 aromatic heterocycles. The van der Waals surface area contributed by atoms with E-state index in [0.29, 0.717) is 12.8 Å². The summed E-state index contributed by atoms with van der Waals surface area (Å²) in [5.74, 6) is -1.85. The summed E-state index contributed by atoms with van der Waals surface area (Å²) < 4.78 is 17.0. The second kappa shape index (κ2) is 34.8. The van der Waals surface area contributed by atoms with Gasteiger partial charge in [-0.05, 0) is 70.6 Å². The first-order valence-corrected chi connectivity index (χ1v) is 20.0. The van der Waals surface area contributed by atoms with Crippen molar-refractivity contribution in [3.05, 3.63) is 72.9 Å². The fourth-order valence-electron chi connectivity index (χ4n) is 5.23. The van der Waals surface area contributed by atoms with Crippen molar-refractivity contribution in [3.8, 4) is 0 Å². The van der Waals surface area contributed by atoms with Gasteiger partial charge in [0, 0.05) is 19.3 Å². The number of hydrogen-bond acceptors (Lipinski definition) is 7. The summed E-state index contributed by atoms with van der Waals surface area (Å²) in [6.07, 6.45) is 42.4. The molecule has 0 radical (unpaired) electrons. The number of carbonyl (C=O) groups excluding carboxylic acids is 3. The molecule has 0 N–H and O–H groups in total. The Labute approximate surface area is 317 Å². The number of carboxylic acids is 1. The summed E-state index contributed by atoms with van der Waals surface area (Å²) in [6, 6.07) is -0.736. The predicted octanol–water partition coefficient (Wildman–Crippen LogP) is 9.07. The first-order chi connectivity index (χ1) is 25.1. The third-order valence-electron chi connectivity index (χ3n) is 8.34. The highest BCUT2D eigenvalue weighted by atomic mass is 16.6. The standard InChI is InChI=1S/C44H73NO7/c1-6-8-10-12-14-16-17-18-19-20-21-22-23-24-25-26-27-29-30-32-34-42(46)51-39-40(38-50-37-36-41(44(48)49)45(3,4)5)52-43(47)35-33-31-28-15-13-11-9-7-2/h8,10,14,16,18-19,21-22,24-25,28,31,40-41H,6-7,9,11-13,15,17,20,23,26-27,29-30,32-39H2,1-5H3/b10-8+,16-14+,19-18+,22-21+,25-24+,31-28+. The van der Waals surface area contributed by atoms with Gasteiger partial charge in [0.1, 0.15) is 12.6 Å². The van der Waals surface area contributed by atoms with Crippen molar-refractivity contribution in [3.63, 3.8) is 0 Å². The van der Waals surface area contributed by atoms with Gasteiger partial charge in [0.05, 0.1) is 40.3 Å². The summed E-state index contributed by atoms with van der Waals surface area (Å²) in [7, 11) is 5.36. The van der Waals surface area contributed by atoms with Crippen LogP contribution in [0.3, 0.4) is 0 Å². The van der Waals surface area contributed by atoms with Crippen LogP contribution >= 0.6 is 0 Å². The number of unbranched alkanes of at least 4 members (excludes halogenated alkanes) is 8. The van der Waals surface area contributed by atoms with Crippen LogP contribution in [0.15, 0.2) is 72.9 Å². The average molecular weight is 728 g/mol. The molecule has 52 heavy (non-hydrogen) atoms. The number of aliphatic carboxylic acids is 1. The van der Waals surface area contributed by atoms with Gasteiger partial charge in [0.15, 0.2) is 6.10 Å². The second-order valence-electron chi connectivity index (χ2n) is 14.1. The number of carbonyl (C=O) groups is 3. The SMILES string of the molecule is CC/C=C/C/C=C/C/C=C/C/C=C/C/C=C/CCCCCCC(=O)OCC(COCCC(C(=O)[O-])[N+](C)(C)C)OC(=O)CC/C=C/CCCCCC. The van der Waals surface area contributed by atoms with E-state index in [1.165, 1.54) is 19.3 Å². The molecule has 2 unspecified atom stereocenters. The van der Waals surface area contributed by atoms with Gasteiger partial charge in [0.25, 0.3) is 0 Å². The molecule has 0 rings (SSSR count). The van der Waals surface area contributed by atoms with Crippen LogP contribution in [0.25, 0.3) is 0 Å². The van der Waals surface area contributed by atoms with Crippen LogP contribution in [0.5, 0.6) is 0 Å². The lowest BCUT2D eigenvalue weighted by atomic mass is 10.1. The number of rotatable bonds is 34. The van der Waals surface area contributed by atoms with Crippen molar-refractivity contribution in [1.29, 1.82) is 0 Å². The minimum absolute atomic E-state index is 0.0129. The summed E-state index contributed by atoms with van der Waals surface area (Å²) in [4.78, 5) is 36.6. The maximum Gasteiger partial charge on any atom is 0.306 e. The molecule has 296 valence electrons. The van der Waals surface area contributed by atoms with E-state index in [4.69, 9.17) is 14.2 Å². The number of allylic oxidation sites excluding steroid dienone is 12. The Balaban J connectivity index is 4.38. The van der Waals surface area contributed by atoms with Crippen LogP contribution in [0.1, 0.15) is 136 Å². The molecule has 0 saturated heterocycles. The van der Waals surface area contributed by atoms with E-state index in [9.17, 15) is 19.5 Å². The van der Waals surface area contributed by atoms with Crippen LogP contribution in [0.2, 0.25) is 0 Å². The third kappa shape index (κ3) is 32.7. The number of carboxylic acid groups (broad SMARTS) is 1. The number of hydrogen-bond donors (Lipinski definition) is 0. The number of quaternary nitrogens is 1. The average Bonchev–Trinajstić information content (AvgIpc) is 3.09. The highest BCUT2D eigenvalue weighted by molar-refractivity contribution is 5.70. The van der Waals surface area contributed by atoms with Gasteiger partial charge in [-0.25, -0.2) is 0 Å². The van der Waals surface area contributed by atoms with Gasteiger partial charge >= 0.3 is 11.9 Å². The first kappa shape index (κ1) is 48.8. The predicted molar refractivity (Wildman–Crippen MR) is 212 cm³/mol. The molecular formula is C44H73NO7. The van der Waals surface area contributed by atoms with E-state index in [1.807, 2.05) is 6.08 Å².